The van der Waals surface area contributed by atoms with Crippen LogP contribution in [-0.4, -0.2) is 34.6 Å². The predicted octanol–water partition coefficient (Wildman–Crippen LogP) is 5.79. The van der Waals surface area contributed by atoms with Crippen molar-refractivity contribution in [3.63, 3.8) is 0 Å². The van der Waals surface area contributed by atoms with Crippen LogP contribution in [0.3, 0.4) is 0 Å². The molecule has 0 aromatic rings. The topological polar surface area (TPSA) is 35.5 Å². The van der Waals surface area contributed by atoms with Gasteiger partial charge in [-0.25, -0.2) is 0 Å². The first kappa shape index (κ1) is 22.1. The van der Waals surface area contributed by atoms with Gasteiger partial charge in [0.2, 0.25) is 0 Å². The Bertz CT molecular complexity index is 504. The highest BCUT2D eigenvalue weighted by Crippen LogP contribution is 2.50. The van der Waals surface area contributed by atoms with Gasteiger partial charge in [0.25, 0.3) is 0 Å². The predicted molar refractivity (Wildman–Crippen MR) is 114 cm³/mol. The Morgan fingerprint density at radius 3 is 2.35 bits per heavy atom. The molecule has 0 heterocycles. The van der Waals surface area contributed by atoms with Crippen molar-refractivity contribution in [1.82, 2.24) is 0 Å². The van der Waals surface area contributed by atoms with E-state index in [1.807, 2.05) is 0 Å². The second-order valence-electron chi connectivity index (χ2n) is 10.2. The zero-order chi connectivity index (χ0) is 19.5. The van der Waals surface area contributed by atoms with Gasteiger partial charge in [-0.2, -0.15) is 0 Å². The number of hydrogen-bond donors (Lipinski definition) is 0. The SMILES string of the molecule is CCCCCC(C=C[C@H]1C(O[Si](C)(C)C)C[C@H]2C(=O)C[C@H]21)O[Si](C)(C)C. The lowest BCUT2D eigenvalue weighted by atomic mass is 9.71. The molecule has 150 valence electrons. The van der Waals surface area contributed by atoms with E-state index in [-0.39, 0.29) is 18.1 Å². The first-order valence-electron chi connectivity index (χ1n) is 10.6. The summed E-state index contributed by atoms with van der Waals surface area (Å²) in [4.78, 5) is 12.0. The third-order valence-corrected chi connectivity index (χ3v) is 7.45. The van der Waals surface area contributed by atoms with E-state index in [1.165, 1.54) is 19.3 Å². The monoisotopic (exact) mass is 396 g/mol. The fourth-order valence-corrected chi connectivity index (χ4v) is 6.61. The van der Waals surface area contributed by atoms with E-state index >= 15 is 0 Å². The van der Waals surface area contributed by atoms with Gasteiger partial charge in [0.15, 0.2) is 16.6 Å². The third-order valence-electron chi connectivity index (χ3n) is 5.43. The highest BCUT2D eigenvalue weighted by Gasteiger charge is 2.53. The molecule has 0 aliphatic heterocycles. The van der Waals surface area contributed by atoms with E-state index in [9.17, 15) is 4.79 Å². The number of unbranched alkanes of at least 4 members (excludes halogenated alkanes) is 2. The van der Waals surface area contributed by atoms with E-state index in [4.69, 9.17) is 8.85 Å². The lowest BCUT2D eigenvalue weighted by Crippen LogP contribution is -2.37. The lowest BCUT2D eigenvalue weighted by molar-refractivity contribution is -0.133. The Hall–Kier alpha value is -0.236. The number of carbonyl (C=O) groups is 1. The maximum atomic E-state index is 12.0. The summed E-state index contributed by atoms with van der Waals surface area (Å²) in [5.74, 6) is 1.60. The zero-order valence-corrected chi connectivity index (χ0v) is 20.0. The van der Waals surface area contributed by atoms with E-state index in [0.29, 0.717) is 17.6 Å². The molecular formula is C21H40O3Si2. The molecule has 2 unspecified atom stereocenters. The maximum Gasteiger partial charge on any atom is 0.184 e. The summed E-state index contributed by atoms with van der Waals surface area (Å²) in [6.07, 6.45) is 11.6. The van der Waals surface area contributed by atoms with Crippen LogP contribution in [0.4, 0.5) is 0 Å². The second-order valence-corrected chi connectivity index (χ2v) is 19.1. The third kappa shape index (κ3) is 6.43. The Balaban J connectivity index is 2.07. The number of Topliss-reactive ketones (excluding diaryl/α,β-unsaturated/α-hetero) is 1. The largest absolute Gasteiger partial charge is 0.414 e. The molecule has 0 bridgehead atoms. The fourth-order valence-electron chi connectivity index (χ4n) is 4.34. The molecule has 2 aliphatic carbocycles. The van der Waals surface area contributed by atoms with E-state index in [0.717, 1.165) is 19.3 Å². The van der Waals surface area contributed by atoms with Gasteiger partial charge < -0.3 is 8.85 Å². The van der Waals surface area contributed by atoms with Gasteiger partial charge in [-0.15, -0.1) is 0 Å². The van der Waals surface area contributed by atoms with E-state index in [2.05, 4.69) is 58.4 Å². The average Bonchev–Trinajstić information content (AvgIpc) is 2.74. The molecule has 0 saturated heterocycles. The van der Waals surface area contributed by atoms with Crippen LogP contribution in [0.2, 0.25) is 39.3 Å². The summed E-state index contributed by atoms with van der Waals surface area (Å²) >= 11 is 0. The summed E-state index contributed by atoms with van der Waals surface area (Å²) in [6, 6.07) is 0. The minimum Gasteiger partial charge on any atom is -0.414 e. The number of fused-ring (bicyclic) bond motifs is 1. The Morgan fingerprint density at radius 1 is 1.12 bits per heavy atom. The van der Waals surface area contributed by atoms with Crippen molar-refractivity contribution in [2.24, 2.45) is 17.8 Å². The summed E-state index contributed by atoms with van der Waals surface area (Å²) in [5, 5.41) is 0. The molecule has 0 radical (unpaired) electrons. The van der Waals surface area contributed by atoms with Gasteiger partial charge in [-0.1, -0.05) is 38.3 Å². The van der Waals surface area contributed by atoms with Crippen molar-refractivity contribution < 1.29 is 13.6 Å². The van der Waals surface area contributed by atoms with Gasteiger partial charge in [0.1, 0.15) is 5.78 Å². The molecule has 2 saturated carbocycles. The van der Waals surface area contributed by atoms with Gasteiger partial charge in [0.05, 0.1) is 12.2 Å². The molecular weight excluding hydrogens is 356 g/mol. The number of ketones is 1. The molecule has 5 atom stereocenters. The molecule has 0 amide bonds. The lowest BCUT2D eigenvalue weighted by Gasteiger charge is -2.33. The van der Waals surface area contributed by atoms with Crippen LogP contribution in [0.1, 0.15) is 45.4 Å². The molecule has 2 rings (SSSR count). The maximum absolute atomic E-state index is 12.0. The van der Waals surface area contributed by atoms with Crippen LogP contribution in [-0.2, 0) is 13.6 Å². The minimum atomic E-state index is -1.61. The zero-order valence-electron chi connectivity index (χ0n) is 18.0. The molecule has 2 aliphatic rings. The highest BCUT2D eigenvalue weighted by molar-refractivity contribution is 6.70. The molecule has 0 aromatic carbocycles. The van der Waals surface area contributed by atoms with Crippen LogP contribution in [0, 0.1) is 17.8 Å². The first-order chi connectivity index (χ1) is 12.0. The minimum absolute atomic E-state index is 0.218. The standard InChI is InChI=1S/C21H40O3Si2/c1-8-9-10-11-16(23-25(2,3)4)12-13-17-18-14-20(22)19(18)15-21(17)24-26(5,6)7/h12-13,16-19,21H,8-11,14-15H2,1-7H3/t16?,17-,18+,19-,21?/m1/s1. The molecule has 2 fully saturated rings. The van der Waals surface area contributed by atoms with Crippen LogP contribution in [0.15, 0.2) is 12.2 Å². The van der Waals surface area contributed by atoms with Crippen molar-refractivity contribution >= 4 is 22.4 Å². The Labute approximate surface area is 163 Å². The van der Waals surface area contributed by atoms with Crippen molar-refractivity contribution in [2.45, 2.75) is 96.9 Å². The van der Waals surface area contributed by atoms with Crippen LogP contribution < -0.4 is 0 Å². The fraction of sp³-hybridized carbons (Fsp3) is 0.857. The van der Waals surface area contributed by atoms with E-state index in [1.54, 1.807) is 0 Å². The summed E-state index contributed by atoms with van der Waals surface area (Å²) in [5.41, 5.74) is 0. The van der Waals surface area contributed by atoms with Crippen molar-refractivity contribution in [1.29, 1.82) is 0 Å². The Morgan fingerprint density at radius 2 is 1.81 bits per heavy atom. The summed E-state index contributed by atoms with van der Waals surface area (Å²) < 4.78 is 12.9. The van der Waals surface area contributed by atoms with E-state index < -0.39 is 16.6 Å². The van der Waals surface area contributed by atoms with Crippen LogP contribution >= 0.6 is 0 Å². The van der Waals surface area contributed by atoms with Crippen LogP contribution in [0.5, 0.6) is 0 Å². The molecule has 26 heavy (non-hydrogen) atoms. The average molecular weight is 397 g/mol. The van der Waals surface area contributed by atoms with Gasteiger partial charge in [-0.3, -0.25) is 4.79 Å². The summed E-state index contributed by atoms with van der Waals surface area (Å²) in [7, 11) is -3.18. The quantitative estimate of drug-likeness (QED) is 0.266. The highest BCUT2D eigenvalue weighted by atomic mass is 28.4. The first-order valence-corrected chi connectivity index (χ1v) is 17.4. The van der Waals surface area contributed by atoms with Gasteiger partial charge >= 0.3 is 0 Å². The number of hydrogen-bond acceptors (Lipinski definition) is 3. The smallest absolute Gasteiger partial charge is 0.184 e. The molecule has 3 nitrogen and oxygen atoms in total. The molecule has 0 spiro atoms. The molecule has 5 heteroatoms. The van der Waals surface area contributed by atoms with Gasteiger partial charge in [0, 0.05) is 18.3 Å². The Kier molecular flexibility index (Phi) is 7.50. The van der Waals surface area contributed by atoms with Gasteiger partial charge in [-0.05, 0) is 58.0 Å². The molecule has 0 aromatic heterocycles. The van der Waals surface area contributed by atoms with Crippen molar-refractivity contribution in [3.8, 4) is 0 Å². The van der Waals surface area contributed by atoms with Crippen molar-refractivity contribution in [3.05, 3.63) is 12.2 Å². The van der Waals surface area contributed by atoms with Crippen molar-refractivity contribution in [2.75, 3.05) is 0 Å². The normalized spacial score (nSPS) is 30.5. The van der Waals surface area contributed by atoms with Crippen LogP contribution in [0.25, 0.3) is 0 Å². The summed E-state index contributed by atoms with van der Waals surface area (Å²) in [6.45, 7) is 15.8. The second kappa shape index (κ2) is 8.84. The molecule has 0 N–H and O–H groups in total. The number of rotatable bonds is 10. The number of carbonyl (C=O) groups excluding carboxylic acids is 1.